The van der Waals surface area contributed by atoms with Crippen molar-refractivity contribution in [2.75, 3.05) is 6.54 Å². The Morgan fingerprint density at radius 2 is 2.00 bits per heavy atom. The third kappa shape index (κ3) is 4.94. The van der Waals surface area contributed by atoms with E-state index in [1.54, 1.807) is 0 Å². The molecule has 2 rings (SSSR count). The fourth-order valence-electron chi connectivity index (χ4n) is 2.29. The molecule has 0 spiro atoms. The van der Waals surface area contributed by atoms with E-state index in [9.17, 15) is 13.2 Å². The van der Waals surface area contributed by atoms with Gasteiger partial charge in [-0.25, -0.2) is 18.1 Å². The minimum absolute atomic E-state index is 0.0163. The Morgan fingerprint density at radius 1 is 1.29 bits per heavy atom. The summed E-state index contributed by atoms with van der Waals surface area (Å²) >= 11 is 5.61. The van der Waals surface area contributed by atoms with Crippen molar-refractivity contribution in [1.29, 1.82) is 0 Å². The van der Waals surface area contributed by atoms with E-state index in [1.165, 1.54) is 18.6 Å². The van der Waals surface area contributed by atoms with Crippen molar-refractivity contribution in [3.05, 3.63) is 23.5 Å². The largest absolute Gasteiger partial charge is 0.352 e. The highest BCUT2D eigenvalue weighted by molar-refractivity contribution is 7.89. The van der Waals surface area contributed by atoms with Crippen LogP contribution in [0.15, 0.2) is 23.2 Å². The van der Waals surface area contributed by atoms with Crippen LogP contribution >= 0.6 is 11.6 Å². The minimum Gasteiger partial charge on any atom is -0.352 e. The molecule has 8 heteroatoms. The van der Waals surface area contributed by atoms with E-state index in [2.05, 4.69) is 15.0 Å². The van der Waals surface area contributed by atoms with Gasteiger partial charge in [-0.1, -0.05) is 30.9 Å². The summed E-state index contributed by atoms with van der Waals surface area (Å²) in [4.78, 5) is 15.5. The SMILES string of the molecule is O=C(CNS(=O)(=O)c1ccc(Cl)nc1)NC1CCCCC1. The third-order valence-corrected chi connectivity index (χ3v) is 5.01. The Hall–Kier alpha value is -1.18. The number of halogens is 1. The Morgan fingerprint density at radius 3 is 2.62 bits per heavy atom. The van der Waals surface area contributed by atoms with E-state index in [0.29, 0.717) is 0 Å². The van der Waals surface area contributed by atoms with Crippen LogP contribution in [0, 0.1) is 0 Å². The Kier molecular flexibility index (Phi) is 5.55. The van der Waals surface area contributed by atoms with Crippen molar-refractivity contribution >= 4 is 27.5 Å². The van der Waals surface area contributed by atoms with Crippen molar-refractivity contribution in [3.63, 3.8) is 0 Å². The fraction of sp³-hybridized carbons (Fsp3) is 0.538. The molecule has 1 aliphatic rings. The lowest BCUT2D eigenvalue weighted by Crippen LogP contribution is -2.42. The van der Waals surface area contributed by atoms with Crippen LogP contribution in [0.1, 0.15) is 32.1 Å². The van der Waals surface area contributed by atoms with Gasteiger partial charge in [-0.3, -0.25) is 4.79 Å². The predicted molar refractivity (Wildman–Crippen MR) is 79.5 cm³/mol. The highest BCUT2D eigenvalue weighted by Crippen LogP contribution is 2.17. The maximum Gasteiger partial charge on any atom is 0.242 e. The monoisotopic (exact) mass is 331 g/mol. The molecule has 1 aliphatic carbocycles. The molecule has 116 valence electrons. The highest BCUT2D eigenvalue weighted by atomic mass is 35.5. The summed E-state index contributed by atoms with van der Waals surface area (Å²) in [6, 6.07) is 2.89. The first-order valence-electron chi connectivity index (χ1n) is 6.88. The zero-order valence-corrected chi connectivity index (χ0v) is 13.1. The zero-order valence-electron chi connectivity index (χ0n) is 11.5. The molecule has 21 heavy (non-hydrogen) atoms. The molecule has 0 saturated heterocycles. The molecule has 1 saturated carbocycles. The standard InChI is InChI=1S/C13H18ClN3O3S/c14-12-7-6-11(8-15-12)21(19,20)16-9-13(18)17-10-4-2-1-3-5-10/h6-8,10,16H,1-5,9H2,(H,17,18). The molecule has 1 aromatic rings. The van der Waals surface area contributed by atoms with Crippen LogP contribution in [-0.2, 0) is 14.8 Å². The lowest BCUT2D eigenvalue weighted by Gasteiger charge is -2.22. The normalized spacial score (nSPS) is 16.6. The molecular formula is C13H18ClN3O3S. The molecule has 0 atom stereocenters. The van der Waals surface area contributed by atoms with Gasteiger partial charge in [-0.15, -0.1) is 0 Å². The first-order valence-corrected chi connectivity index (χ1v) is 8.74. The molecule has 0 aliphatic heterocycles. The Labute approximate surface area is 129 Å². The Bertz CT molecular complexity index is 583. The first kappa shape index (κ1) is 16.2. The number of rotatable bonds is 5. The number of nitrogens with zero attached hydrogens (tertiary/aromatic N) is 1. The molecule has 1 aromatic heterocycles. The molecule has 0 radical (unpaired) electrons. The zero-order chi connectivity index (χ0) is 15.3. The van der Waals surface area contributed by atoms with Gasteiger partial charge < -0.3 is 5.32 Å². The summed E-state index contributed by atoms with van der Waals surface area (Å²) in [6.45, 7) is -0.276. The van der Waals surface area contributed by atoms with Crippen LogP contribution in [-0.4, -0.2) is 31.9 Å². The van der Waals surface area contributed by atoms with Gasteiger partial charge in [0.15, 0.2) is 0 Å². The second-order valence-corrected chi connectivity index (χ2v) is 7.20. The molecule has 2 N–H and O–H groups in total. The topological polar surface area (TPSA) is 88.2 Å². The van der Waals surface area contributed by atoms with Crippen LogP contribution in [0.5, 0.6) is 0 Å². The number of hydrogen-bond acceptors (Lipinski definition) is 4. The van der Waals surface area contributed by atoms with Crippen LogP contribution in [0.3, 0.4) is 0 Å². The van der Waals surface area contributed by atoms with Gasteiger partial charge in [0.05, 0.1) is 6.54 Å². The molecule has 1 amide bonds. The van der Waals surface area contributed by atoms with Gasteiger partial charge in [0.1, 0.15) is 10.0 Å². The summed E-state index contributed by atoms with van der Waals surface area (Å²) < 4.78 is 26.2. The number of pyridine rings is 1. The van der Waals surface area contributed by atoms with Crippen molar-refractivity contribution < 1.29 is 13.2 Å². The average molecular weight is 332 g/mol. The fourth-order valence-corrected chi connectivity index (χ4v) is 3.33. The third-order valence-electron chi connectivity index (χ3n) is 3.40. The Balaban J connectivity index is 1.86. The number of nitrogens with one attached hydrogen (secondary N) is 2. The minimum atomic E-state index is -3.74. The number of aromatic nitrogens is 1. The summed E-state index contributed by atoms with van der Waals surface area (Å²) in [5, 5.41) is 3.06. The molecule has 6 nitrogen and oxygen atoms in total. The second-order valence-electron chi connectivity index (χ2n) is 5.04. The van der Waals surface area contributed by atoms with Crippen LogP contribution in [0.4, 0.5) is 0 Å². The predicted octanol–water partition coefficient (Wildman–Crippen LogP) is 1.46. The molecule has 0 aromatic carbocycles. The van der Waals surface area contributed by atoms with E-state index in [-0.39, 0.29) is 28.5 Å². The van der Waals surface area contributed by atoms with E-state index in [1.807, 2.05) is 0 Å². The number of hydrogen-bond donors (Lipinski definition) is 2. The molecule has 0 unspecified atom stereocenters. The van der Waals surface area contributed by atoms with Crippen molar-refractivity contribution in [1.82, 2.24) is 15.0 Å². The second kappa shape index (κ2) is 7.20. The maximum atomic E-state index is 12.0. The van der Waals surface area contributed by atoms with Gasteiger partial charge in [-0.2, -0.15) is 0 Å². The van der Waals surface area contributed by atoms with E-state index in [0.717, 1.165) is 31.9 Å². The van der Waals surface area contributed by atoms with Gasteiger partial charge >= 0.3 is 0 Å². The van der Waals surface area contributed by atoms with Gasteiger partial charge in [0, 0.05) is 12.2 Å². The van der Waals surface area contributed by atoms with Crippen molar-refractivity contribution in [2.45, 2.75) is 43.0 Å². The van der Waals surface area contributed by atoms with Crippen LogP contribution in [0.2, 0.25) is 5.15 Å². The summed E-state index contributed by atoms with van der Waals surface area (Å²) in [7, 11) is -3.74. The summed E-state index contributed by atoms with van der Waals surface area (Å²) in [5.41, 5.74) is 0. The first-order chi connectivity index (χ1) is 9.97. The smallest absolute Gasteiger partial charge is 0.242 e. The highest BCUT2D eigenvalue weighted by Gasteiger charge is 2.19. The van der Waals surface area contributed by atoms with E-state index in [4.69, 9.17) is 11.6 Å². The van der Waals surface area contributed by atoms with E-state index < -0.39 is 10.0 Å². The van der Waals surface area contributed by atoms with E-state index >= 15 is 0 Å². The summed E-state index contributed by atoms with van der Waals surface area (Å²) in [5.74, 6) is -0.313. The molecule has 1 heterocycles. The van der Waals surface area contributed by atoms with Crippen LogP contribution < -0.4 is 10.0 Å². The van der Waals surface area contributed by atoms with Gasteiger partial charge in [0.25, 0.3) is 0 Å². The molecule has 0 bridgehead atoms. The lowest BCUT2D eigenvalue weighted by molar-refractivity contribution is -0.120. The van der Waals surface area contributed by atoms with Crippen LogP contribution in [0.25, 0.3) is 0 Å². The van der Waals surface area contributed by atoms with Gasteiger partial charge in [0.2, 0.25) is 15.9 Å². The van der Waals surface area contributed by atoms with Crippen molar-refractivity contribution in [3.8, 4) is 0 Å². The number of carbonyl (C=O) groups is 1. The summed E-state index contributed by atoms with van der Waals surface area (Å²) in [6.07, 6.45) is 6.48. The number of amides is 1. The van der Waals surface area contributed by atoms with Crippen molar-refractivity contribution in [2.24, 2.45) is 0 Å². The van der Waals surface area contributed by atoms with Gasteiger partial charge in [-0.05, 0) is 25.0 Å². The number of sulfonamides is 1. The average Bonchev–Trinajstić information content (AvgIpc) is 2.47. The lowest BCUT2D eigenvalue weighted by atomic mass is 9.95. The molecule has 1 fully saturated rings. The quantitative estimate of drug-likeness (QED) is 0.800. The number of carbonyl (C=O) groups excluding carboxylic acids is 1. The molecular weight excluding hydrogens is 314 g/mol. The maximum absolute atomic E-state index is 12.0.